The lowest BCUT2D eigenvalue weighted by molar-refractivity contribution is 0.0513. The van der Waals surface area contributed by atoms with Crippen molar-refractivity contribution in [1.82, 2.24) is 10.6 Å². The van der Waals surface area contributed by atoms with Gasteiger partial charge < -0.3 is 15.4 Å². The molecule has 3 rings (SSSR count). The van der Waals surface area contributed by atoms with Gasteiger partial charge in [-0.15, -0.1) is 0 Å². The highest BCUT2D eigenvalue weighted by Gasteiger charge is 2.34. The van der Waals surface area contributed by atoms with Crippen LogP contribution in [0.25, 0.3) is 0 Å². The fourth-order valence-corrected chi connectivity index (χ4v) is 3.53. The zero-order valence-corrected chi connectivity index (χ0v) is 16.2. The van der Waals surface area contributed by atoms with Crippen LogP contribution in [0.2, 0.25) is 0 Å². The average molecular weight is 387 g/mol. The fourth-order valence-electron chi connectivity index (χ4n) is 3.53. The van der Waals surface area contributed by atoms with Gasteiger partial charge in [0.25, 0.3) is 0 Å². The molecular formula is C22H27F2N3O. The summed E-state index contributed by atoms with van der Waals surface area (Å²) in [6.07, 6.45) is 1.71. The molecule has 0 saturated carbocycles. The van der Waals surface area contributed by atoms with Crippen LogP contribution in [-0.4, -0.2) is 32.3 Å². The lowest BCUT2D eigenvalue weighted by Crippen LogP contribution is -2.48. The zero-order chi connectivity index (χ0) is 19.8. The lowest BCUT2D eigenvalue weighted by atomic mass is 9.74. The molecule has 0 amide bonds. The fraction of sp³-hybridized carbons (Fsp3) is 0.409. The van der Waals surface area contributed by atoms with E-state index in [1.54, 1.807) is 6.07 Å². The van der Waals surface area contributed by atoms with Crippen molar-refractivity contribution in [1.29, 1.82) is 0 Å². The Morgan fingerprint density at radius 1 is 1.04 bits per heavy atom. The normalized spacial score (nSPS) is 16.6. The molecule has 6 heteroatoms. The molecular weight excluding hydrogens is 360 g/mol. The zero-order valence-electron chi connectivity index (χ0n) is 16.2. The lowest BCUT2D eigenvalue weighted by Gasteiger charge is -2.38. The number of nitrogens with one attached hydrogen (secondary N) is 2. The molecule has 2 aromatic rings. The Kier molecular flexibility index (Phi) is 6.98. The van der Waals surface area contributed by atoms with Crippen molar-refractivity contribution in [2.24, 2.45) is 4.99 Å². The number of nitrogens with zero attached hydrogens (tertiary/aromatic N) is 1. The summed E-state index contributed by atoms with van der Waals surface area (Å²) in [6, 6.07) is 13.2. The molecule has 1 heterocycles. The standard InChI is InChI=1S/C22H27F2N3O/c1-2-25-21(26-15-17-4-3-5-20(24)14-17)27-16-22(10-12-28-13-11-22)18-6-8-19(23)9-7-18/h3-9,14H,2,10-13,15-16H2,1H3,(H2,25,26,27). The minimum absolute atomic E-state index is 0.138. The summed E-state index contributed by atoms with van der Waals surface area (Å²) >= 11 is 0. The molecule has 1 fully saturated rings. The minimum Gasteiger partial charge on any atom is -0.381 e. The Labute approximate surface area is 165 Å². The first-order valence-electron chi connectivity index (χ1n) is 9.72. The molecule has 0 bridgehead atoms. The number of ether oxygens (including phenoxy) is 1. The van der Waals surface area contributed by atoms with Crippen LogP contribution in [0, 0.1) is 11.6 Å². The van der Waals surface area contributed by atoms with E-state index < -0.39 is 0 Å². The molecule has 150 valence electrons. The van der Waals surface area contributed by atoms with E-state index in [9.17, 15) is 8.78 Å². The largest absolute Gasteiger partial charge is 0.381 e. The predicted molar refractivity (Wildman–Crippen MR) is 107 cm³/mol. The third-order valence-electron chi connectivity index (χ3n) is 5.15. The van der Waals surface area contributed by atoms with Crippen molar-refractivity contribution in [3.8, 4) is 0 Å². The number of hydrogen-bond acceptors (Lipinski definition) is 2. The van der Waals surface area contributed by atoms with Gasteiger partial charge in [0.15, 0.2) is 5.96 Å². The Balaban J connectivity index is 1.73. The van der Waals surface area contributed by atoms with Gasteiger partial charge in [-0.3, -0.25) is 0 Å². The second-order valence-electron chi connectivity index (χ2n) is 7.08. The minimum atomic E-state index is -0.261. The van der Waals surface area contributed by atoms with Crippen LogP contribution >= 0.6 is 0 Å². The first-order chi connectivity index (χ1) is 13.6. The van der Waals surface area contributed by atoms with E-state index in [2.05, 4.69) is 15.6 Å². The molecule has 2 aromatic carbocycles. The van der Waals surface area contributed by atoms with Crippen molar-refractivity contribution in [3.63, 3.8) is 0 Å². The van der Waals surface area contributed by atoms with Crippen LogP contribution in [0.3, 0.4) is 0 Å². The van der Waals surface area contributed by atoms with E-state index in [0.29, 0.717) is 32.3 Å². The Hall–Kier alpha value is -2.47. The van der Waals surface area contributed by atoms with Crippen LogP contribution in [0.4, 0.5) is 8.78 Å². The number of guanidine groups is 1. The molecule has 1 aliphatic heterocycles. The van der Waals surface area contributed by atoms with Crippen molar-refractivity contribution < 1.29 is 13.5 Å². The van der Waals surface area contributed by atoms with E-state index in [-0.39, 0.29) is 17.0 Å². The number of halogens is 2. The SMILES string of the molecule is CCNC(=NCc1cccc(F)c1)NCC1(c2ccc(F)cc2)CCOCC1. The molecule has 0 radical (unpaired) electrons. The predicted octanol–water partition coefficient (Wildman–Crippen LogP) is 3.77. The summed E-state index contributed by atoms with van der Waals surface area (Å²) in [5, 5.41) is 6.66. The summed E-state index contributed by atoms with van der Waals surface area (Å²) in [4.78, 5) is 4.58. The van der Waals surface area contributed by atoms with Gasteiger partial charge in [0, 0.05) is 31.7 Å². The number of hydrogen-bond donors (Lipinski definition) is 2. The quantitative estimate of drug-likeness (QED) is 0.586. The number of benzene rings is 2. The molecule has 0 unspecified atom stereocenters. The van der Waals surface area contributed by atoms with Crippen molar-refractivity contribution in [2.75, 3.05) is 26.3 Å². The molecule has 0 aromatic heterocycles. The molecule has 1 aliphatic rings. The average Bonchev–Trinajstić information content (AvgIpc) is 2.71. The van der Waals surface area contributed by atoms with Crippen LogP contribution < -0.4 is 10.6 Å². The van der Waals surface area contributed by atoms with Crippen LogP contribution in [0.1, 0.15) is 30.9 Å². The van der Waals surface area contributed by atoms with E-state index in [4.69, 9.17) is 4.74 Å². The first kappa shape index (κ1) is 20.3. The van der Waals surface area contributed by atoms with Gasteiger partial charge in [-0.1, -0.05) is 24.3 Å². The molecule has 4 nitrogen and oxygen atoms in total. The molecule has 1 saturated heterocycles. The number of aliphatic imine (C=N–C) groups is 1. The van der Waals surface area contributed by atoms with Crippen molar-refractivity contribution >= 4 is 5.96 Å². The molecule has 0 spiro atoms. The summed E-state index contributed by atoms with van der Waals surface area (Å²) in [5.74, 6) is 0.187. The van der Waals surface area contributed by atoms with Crippen LogP contribution in [-0.2, 0) is 16.7 Å². The van der Waals surface area contributed by atoms with Gasteiger partial charge in [0.1, 0.15) is 11.6 Å². The van der Waals surface area contributed by atoms with E-state index in [1.165, 1.54) is 24.3 Å². The summed E-state index contributed by atoms with van der Waals surface area (Å²) in [7, 11) is 0. The maximum Gasteiger partial charge on any atom is 0.191 e. The van der Waals surface area contributed by atoms with Crippen molar-refractivity contribution in [2.45, 2.75) is 31.7 Å². The number of rotatable bonds is 6. The van der Waals surface area contributed by atoms with Gasteiger partial charge in [0.05, 0.1) is 6.54 Å². The van der Waals surface area contributed by atoms with Crippen LogP contribution in [0.5, 0.6) is 0 Å². The van der Waals surface area contributed by atoms with Gasteiger partial charge in [0.2, 0.25) is 0 Å². The maximum absolute atomic E-state index is 13.4. The summed E-state index contributed by atoms with van der Waals surface area (Å²) < 4.78 is 32.3. The highest BCUT2D eigenvalue weighted by atomic mass is 19.1. The second kappa shape index (κ2) is 9.64. The second-order valence-corrected chi connectivity index (χ2v) is 7.08. The summed E-state index contributed by atoms with van der Waals surface area (Å²) in [6.45, 7) is 5.13. The third-order valence-corrected chi connectivity index (χ3v) is 5.15. The Morgan fingerprint density at radius 3 is 2.46 bits per heavy atom. The maximum atomic E-state index is 13.4. The third kappa shape index (κ3) is 5.29. The van der Waals surface area contributed by atoms with E-state index >= 15 is 0 Å². The smallest absolute Gasteiger partial charge is 0.191 e. The Bertz CT molecular complexity index is 787. The highest BCUT2D eigenvalue weighted by Crippen LogP contribution is 2.34. The summed E-state index contributed by atoms with van der Waals surface area (Å²) in [5.41, 5.74) is 1.78. The molecule has 2 N–H and O–H groups in total. The van der Waals surface area contributed by atoms with E-state index in [0.717, 1.165) is 30.5 Å². The van der Waals surface area contributed by atoms with Gasteiger partial charge in [-0.05, 0) is 55.2 Å². The van der Waals surface area contributed by atoms with Gasteiger partial charge >= 0.3 is 0 Å². The monoisotopic (exact) mass is 387 g/mol. The van der Waals surface area contributed by atoms with Gasteiger partial charge in [-0.25, -0.2) is 13.8 Å². The van der Waals surface area contributed by atoms with Gasteiger partial charge in [-0.2, -0.15) is 0 Å². The first-order valence-corrected chi connectivity index (χ1v) is 9.72. The van der Waals surface area contributed by atoms with E-state index in [1.807, 2.05) is 25.1 Å². The molecule has 0 atom stereocenters. The Morgan fingerprint density at radius 2 is 1.79 bits per heavy atom. The molecule has 28 heavy (non-hydrogen) atoms. The van der Waals surface area contributed by atoms with Crippen molar-refractivity contribution in [3.05, 3.63) is 71.3 Å². The highest BCUT2D eigenvalue weighted by molar-refractivity contribution is 5.79. The molecule has 0 aliphatic carbocycles. The topological polar surface area (TPSA) is 45.7 Å². The van der Waals surface area contributed by atoms with Crippen LogP contribution in [0.15, 0.2) is 53.5 Å².